The molecule has 0 unspecified atom stereocenters. The molecule has 4 heteroatoms. The third kappa shape index (κ3) is 2.22. The van der Waals surface area contributed by atoms with Crippen molar-refractivity contribution in [1.82, 2.24) is 5.16 Å². The molecule has 104 valence electrons. The lowest BCUT2D eigenvalue weighted by molar-refractivity contribution is 0.0979. The van der Waals surface area contributed by atoms with Gasteiger partial charge in [0.05, 0.1) is 0 Å². The van der Waals surface area contributed by atoms with Gasteiger partial charge < -0.3 is 9.42 Å². The molecule has 1 aliphatic carbocycles. The van der Waals surface area contributed by atoms with Crippen LogP contribution in [0.25, 0.3) is 0 Å². The van der Waals surface area contributed by atoms with Crippen molar-refractivity contribution in [1.29, 1.82) is 0 Å². The third-order valence-electron chi connectivity index (χ3n) is 3.78. The van der Waals surface area contributed by atoms with Crippen LogP contribution in [0.4, 0.5) is 5.69 Å². The number of anilines is 1. The number of para-hydroxylation sites is 1. The number of rotatable bonds is 3. The topological polar surface area (TPSA) is 46.3 Å². The highest BCUT2D eigenvalue weighted by atomic mass is 16.5. The Kier molecular flexibility index (Phi) is 3.54. The molecular formula is C16H18N2O2. The van der Waals surface area contributed by atoms with Crippen molar-refractivity contribution in [3.8, 4) is 0 Å². The SMILES string of the molecule is CCN(C(=O)c1noc2c1CCCC2)c1ccccc1. The lowest BCUT2D eigenvalue weighted by atomic mass is 9.96. The summed E-state index contributed by atoms with van der Waals surface area (Å²) in [5.74, 6) is 0.828. The van der Waals surface area contributed by atoms with Crippen LogP contribution in [0.15, 0.2) is 34.9 Å². The van der Waals surface area contributed by atoms with Gasteiger partial charge in [0.2, 0.25) is 0 Å². The van der Waals surface area contributed by atoms with Gasteiger partial charge >= 0.3 is 0 Å². The minimum absolute atomic E-state index is 0.0643. The predicted octanol–water partition coefficient (Wildman–Crippen LogP) is 3.22. The Labute approximate surface area is 118 Å². The predicted molar refractivity (Wildman–Crippen MR) is 76.9 cm³/mol. The van der Waals surface area contributed by atoms with Crippen LogP contribution in [0.3, 0.4) is 0 Å². The van der Waals surface area contributed by atoms with Crippen LogP contribution < -0.4 is 4.90 Å². The van der Waals surface area contributed by atoms with Gasteiger partial charge in [-0.25, -0.2) is 0 Å². The Bertz CT molecular complexity index is 604. The van der Waals surface area contributed by atoms with E-state index in [1.54, 1.807) is 4.90 Å². The van der Waals surface area contributed by atoms with Crippen LogP contribution >= 0.6 is 0 Å². The number of nitrogens with zero attached hydrogens (tertiary/aromatic N) is 2. The highest BCUT2D eigenvalue weighted by molar-refractivity contribution is 6.05. The maximum absolute atomic E-state index is 12.7. The van der Waals surface area contributed by atoms with Gasteiger partial charge in [-0.1, -0.05) is 23.4 Å². The molecule has 1 aliphatic rings. The van der Waals surface area contributed by atoms with Gasteiger partial charge in [0, 0.05) is 24.2 Å². The fourth-order valence-corrected chi connectivity index (χ4v) is 2.73. The molecule has 1 aromatic carbocycles. The van der Waals surface area contributed by atoms with E-state index in [1.807, 2.05) is 37.3 Å². The molecule has 1 aromatic heterocycles. The van der Waals surface area contributed by atoms with Gasteiger partial charge in [0.15, 0.2) is 5.69 Å². The van der Waals surface area contributed by atoms with E-state index in [1.165, 1.54) is 0 Å². The zero-order chi connectivity index (χ0) is 13.9. The number of aryl methyl sites for hydroxylation is 1. The van der Waals surface area contributed by atoms with Crippen LogP contribution in [0.2, 0.25) is 0 Å². The van der Waals surface area contributed by atoms with Crippen LogP contribution in [0, 0.1) is 0 Å². The standard InChI is InChI=1S/C16H18N2O2/c1-2-18(12-8-4-3-5-9-12)16(19)15-13-10-6-7-11-14(13)20-17-15/h3-5,8-9H,2,6-7,10-11H2,1H3. The summed E-state index contributed by atoms with van der Waals surface area (Å²) in [6, 6.07) is 9.69. The molecule has 1 heterocycles. The largest absolute Gasteiger partial charge is 0.360 e. The first-order valence-corrected chi connectivity index (χ1v) is 7.15. The number of amides is 1. The van der Waals surface area contributed by atoms with Crippen molar-refractivity contribution in [3.05, 3.63) is 47.3 Å². The van der Waals surface area contributed by atoms with Crippen LogP contribution in [0.1, 0.15) is 41.6 Å². The molecule has 20 heavy (non-hydrogen) atoms. The Morgan fingerprint density at radius 3 is 2.75 bits per heavy atom. The van der Waals surface area contributed by atoms with Crippen LogP contribution in [0.5, 0.6) is 0 Å². The van der Waals surface area contributed by atoms with Crippen molar-refractivity contribution in [3.63, 3.8) is 0 Å². The van der Waals surface area contributed by atoms with Crippen LogP contribution in [-0.2, 0) is 12.8 Å². The molecule has 1 amide bonds. The maximum Gasteiger partial charge on any atom is 0.280 e. The second-order valence-electron chi connectivity index (χ2n) is 5.02. The van der Waals surface area contributed by atoms with Gasteiger partial charge in [0.25, 0.3) is 5.91 Å². The minimum Gasteiger partial charge on any atom is -0.360 e. The number of hydrogen-bond acceptors (Lipinski definition) is 3. The van der Waals surface area contributed by atoms with E-state index in [4.69, 9.17) is 4.52 Å². The third-order valence-corrected chi connectivity index (χ3v) is 3.78. The first kappa shape index (κ1) is 12.9. The smallest absolute Gasteiger partial charge is 0.280 e. The summed E-state index contributed by atoms with van der Waals surface area (Å²) in [6.45, 7) is 2.59. The van der Waals surface area contributed by atoms with Crippen molar-refractivity contribution in [2.24, 2.45) is 0 Å². The highest BCUT2D eigenvalue weighted by Gasteiger charge is 2.27. The molecular weight excluding hydrogens is 252 g/mol. The fraction of sp³-hybridized carbons (Fsp3) is 0.375. The minimum atomic E-state index is -0.0643. The molecule has 2 aromatic rings. The molecule has 0 bridgehead atoms. The Balaban J connectivity index is 1.93. The molecule has 0 aliphatic heterocycles. The summed E-state index contributed by atoms with van der Waals surface area (Å²) in [7, 11) is 0. The lowest BCUT2D eigenvalue weighted by Crippen LogP contribution is -2.31. The molecule has 0 spiro atoms. The summed E-state index contributed by atoms with van der Waals surface area (Å²) in [5.41, 5.74) is 2.40. The second kappa shape index (κ2) is 5.49. The molecule has 0 radical (unpaired) electrons. The number of carbonyl (C=O) groups is 1. The van der Waals surface area contributed by atoms with E-state index in [2.05, 4.69) is 5.16 Å². The quantitative estimate of drug-likeness (QED) is 0.860. The zero-order valence-electron chi connectivity index (χ0n) is 11.6. The number of aromatic nitrogens is 1. The molecule has 0 N–H and O–H groups in total. The fourth-order valence-electron chi connectivity index (χ4n) is 2.73. The second-order valence-corrected chi connectivity index (χ2v) is 5.02. The van der Waals surface area contributed by atoms with Gasteiger partial charge in [-0.2, -0.15) is 0 Å². The maximum atomic E-state index is 12.7. The molecule has 4 nitrogen and oxygen atoms in total. The Morgan fingerprint density at radius 1 is 1.25 bits per heavy atom. The summed E-state index contributed by atoms with van der Waals surface area (Å²) < 4.78 is 5.34. The van der Waals surface area contributed by atoms with E-state index in [0.29, 0.717) is 12.2 Å². The molecule has 0 atom stereocenters. The Morgan fingerprint density at radius 2 is 2.00 bits per heavy atom. The average Bonchev–Trinajstić information content (AvgIpc) is 2.93. The van der Waals surface area contributed by atoms with E-state index in [9.17, 15) is 4.79 Å². The van der Waals surface area contributed by atoms with E-state index >= 15 is 0 Å². The molecule has 3 rings (SSSR count). The summed E-state index contributed by atoms with van der Waals surface area (Å²) in [5, 5.41) is 4.03. The molecule has 0 saturated heterocycles. The zero-order valence-corrected chi connectivity index (χ0v) is 11.6. The van der Waals surface area contributed by atoms with Gasteiger partial charge in [-0.05, 0) is 38.3 Å². The molecule has 0 saturated carbocycles. The van der Waals surface area contributed by atoms with E-state index in [-0.39, 0.29) is 5.91 Å². The van der Waals surface area contributed by atoms with Crippen molar-refractivity contribution < 1.29 is 9.32 Å². The normalized spacial score (nSPS) is 13.8. The number of hydrogen-bond donors (Lipinski definition) is 0. The summed E-state index contributed by atoms with van der Waals surface area (Å²) in [4.78, 5) is 14.5. The van der Waals surface area contributed by atoms with Gasteiger partial charge in [-0.3, -0.25) is 4.79 Å². The monoisotopic (exact) mass is 270 g/mol. The Hall–Kier alpha value is -2.10. The van der Waals surface area contributed by atoms with Gasteiger partial charge in [-0.15, -0.1) is 0 Å². The van der Waals surface area contributed by atoms with Crippen LogP contribution in [-0.4, -0.2) is 17.6 Å². The van der Waals surface area contributed by atoms with E-state index < -0.39 is 0 Å². The van der Waals surface area contributed by atoms with Crippen molar-refractivity contribution >= 4 is 11.6 Å². The number of carbonyl (C=O) groups excluding carboxylic acids is 1. The van der Waals surface area contributed by atoms with E-state index in [0.717, 1.165) is 42.7 Å². The summed E-state index contributed by atoms with van der Waals surface area (Å²) >= 11 is 0. The first-order chi connectivity index (χ1) is 9.81. The first-order valence-electron chi connectivity index (χ1n) is 7.15. The molecule has 0 fully saturated rings. The highest BCUT2D eigenvalue weighted by Crippen LogP contribution is 2.26. The number of fused-ring (bicyclic) bond motifs is 1. The van der Waals surface area contributed by atoms with Gasteiger partial charge in [0.1, 0.15) is 5.76 Å². The van der Waals surface area contributed by atoms with Crippen molar-refractivity contribution in [2.75, 3.05) is 11.4 Å². The number of benzene rings is 1. The summed E-state index contributed by atoms with van der Waals surface area (Å²) in [6.07, 6.45) is 4.01. The average molecular weight is 270 g/mol. The van der Waals surface area contributed by atoms with Crippen molar-refractivity contribution in [2.45, 2.75) is 32.6 Å². The lowest BCUT2D eigenvalue weighted by Gasteiger charge is -2.20.